The Morgan fingerprint density at radius 1 is 1.33 bits per heavy atom. The van der Waals surface area contributed by atoms with Gasteiger partial charge < -0.3 is 10.4 Å². The Morgan fingerprint density at radius 3 is 2.71 bits per heavy atom. The topological polar surface area (TPSA) is 35.5 Å². The van der Waals surface area contributed by atoms with Crippen molar-refractivity contribution in [2.75, 3.05) is 13.1 Å². The van der Waals surface area contributed by atoms with Crippen LogP contribution in [0.25, 0.3) is 0 Å². The Morgan fingerprint density at radius 2 is 2.10 bits per heavy atom. The Bertz CT molecular complexity index is 453. The zero-order chi connectivity index (χ0) is 15.5. The zero-order valence-corrected chi connectivity index (χ0v) is 13.9. The lowest BCUT2D eigenvalue weighted by Crippen LogP contribution is -2.59. The SMILES string of the molecule is CCCC1CNC(C(C)(C)C)CN1Cc1cccc(O)c1. The van der Waals surface area contributed by atoms with Crippen LogP contribution in [-0.4, -0.2) is 35.2 Å². The molecule has 0 radical (unpaired) electrons. The van der Waals surface area contributed by atoms with Gasteiger partial charge in [-0.2, -0.15) is 0 Å². The predicted molar refractivity (Wildman–Crippen MR) is 88.5 cm³/mol. The second-order valence-electron chi connectivity index (χ2n) is 7.37. The molecule has 1 aromatic rings. The van der Waals surface area contributed by atoms with Crippen LogP contribution in [0.2, 0.25) is 0 Å². The molecular formula is C18H30N2O. The van der Waals surface area contributed by atoms with Gasteiger partial charge in [0.25, 0.3) is 0 Å². The Kier molecular flexibility index (Phi) is 5.28. The highest BCUT2D eigenvalue weighted by molar-refractivity contribution is 5.27. The molecule has 2 rings (SSSR count). The number of hydrogen-bond donors (Lipinski definition) is 2. The average Bonchev–Trinajstić information content (AvgIpc) is 2.40. The van der Waals surface area contributed by atoms with Gasteiger partial charge in [-0.05, 0) is 29.5 Å². The van der Waals surface area contributed by atoms with Crippen LogP contribution in [-0.2, 0) is 6.54 Å². The molecule has 2 unspecified atom stereocenters. The number of nitrogens with one attached hydrogen (secondary N) is 1. The average molecular weight is 290 g/mol. The van der Waals surface area contributed by atoms with Gasteiger partial charge in [-0.1, -0.05) is 46.2 Å². The largest absolute Gasteiger partial charge is 0.508 e. The van der Waals surface area contributed by atoms with Crippen molar-refractivity contribution in [1.29, 1.82) is 0 Å². The highest BCUT2D eigenvalue weighted by Gasteiger charge is 2.33. The van der Waals surface area contributed by atoms with E-state index >= 15 is 0 Å². The summed E-state index contributed by atoms with van der Waals surface area (Å²) in [6, 6.07) is 8.78. The molecule has 21 heavy (non-hydrogen) atoms. The van der Waals surface area contributed by atoms with E-state index < -0.39 is 0 Å². The Hall–Kier alpha value is -1.06. The van der Waals surface area contributed by atoms with Crippen LogP contribution in [0.5, 0.6) is 5.75 Å². The lowest BCUT2D eigenvalue weighted by atomic mass is 9.84. The molecule has 118 valence electrons. The maximum Gasteiger partial charge on any atom is 0.115 e. The minimum atomic E-state index is 0.272. The summed E-state index contributed by atoms with van der Waals surface area (Å²) in [7, 11) is 0. The maximum absolute atomic E-state index is 9.66. The third-order valence-electron chi connectivity index (χ3n) is 4.50. The molecule has 3 heteroatoms. The third-order valence-corrected chi connectivity index (χ3v) is 4.50. The number of benzene rings is 1. The second-order valence-corrected chi connectivity index (χ2v) is 7.37. The highest BCUT2D eigenvalue weighted by atomic mass is 16.3. The highest BCUT2D eigenvalue weighted by Crippen LogP contribution is 2.26. The van der Waals surface area contributed by atoms with Crippen molar-refractivity contribution in [3.8, 4) is 5.75 Å². The minimum absolute atomic E-state index is 0.272. The second kappa shape index (κ2) is 6.80. The quantitative estimate of drug-likeness (QED) is 0.892. The lowest BCUT2D eigenvalue weighted by molar-refractivity contribution is 0.0747. The van der Waals surface area contributed by atoms with Crippen LogP contribution >= 0.6 is 0 Å². The van der Waals surface area contributed by atoms with Crippen LogP contribution in [0.3, 0.4) is 0 Å². The first-order chi connectivity index (χ1) is 9.90. The van der Waals surface area contributed by atoms with Gasteiger partial charge in [0, 0.05) is 31.7 Å². The fourth-order valence-corrected chi connectivity index (χ4v) is 3.14. The van der Waals surface area contributed by atoms with Crippen LogP contribution in [0.15, 0.2) is 24.3 Å². The first kappa shape index (κ1) is 16.3. The van der Waals surface area contributed by atoms with Crippen LogP contribution in [0.4, 0.5) is 0 Å². The van der Waals surface area contributed by atoms with E-state index in [-0.39, 0.29) is 5.41 Å². The molecule has 1 aliphatic rings. The van der Waals surface area contributed by atoms with Crippen LogP contribution in [0.1, 0.15) is 46.1 Å². The van der Waals surface area contributed by atoms with Gasteiger partial charge in [-0.25, -0.2) is 0 Å². The molecule has 0 spiro atoms. The number of piperazine rings is 1. The van der Waals surface area contributed by atoms with Crippen LogP contribution in [0, 0.1) is 5.41 Å². The Labute approximate surface area is 129 Å². The molecule has 0 saturated carbocycles. The number of aromatic hydroxyl groups is 1. The number of phenolic OH excluding ortho intramolecular Hbond substituents is 1. The smallest absolute Gasteiger partial charge is 0.115 e. The van der Waals surface area contributed by atoms with Crippen molar-refractivity contribution in [3.05, 3.63) is 29.8 Å². The van der Waals surface area contributed by atoms with Gasteiger partial charge in [0.2, 0.25) is 0 Å². The molecule has 1 fully saturated rings. The monoisotopic (exact) mass is 290 g/mol. The molecule has 1 aromatic carbocycles. The van der Waals surface area contributed by atoms with E-state index in [1.165, 1.54) is 18.4 Å². The summed E-state index contributed by atoms with van der Waals surface area (Å²) in [5.41, 5.74) is 1.47. The first-order valence-electron chi connectivity index (χ1n) is 8.15. The third kappa shape index (κ3) is 4.45. The molecule has 1 aliphatic heterocycles. The molecule has 0 aromatic heterocycles. The van der Waals surface area contributed by atoms with Gasteiger partial charge >= 0.3 is 0 Å². The van der Waals surface area contributed by atoms with E-state index in [9.17, 15) is 5.11 Å². The van der Waals surface area contributed by atoms with E-state index in [4.69, 9.17) is 0 Å². The van der Waals surface area contributed by atoms with Crippen molar-refractivity contribution in [2.24, 2.45) is 5.41 Å². The normalized spacial score (nSPS) is 24.2. The van der Waals surface area contributed by atoms with Crippen molar-refractivity contribution in [3.63, 3.8) is 0 Å². The summed E-state index contributed by atoms with van der Waals surface area (Å²) >= 11 is 0. The molecular weight excluding hydrogens is 260 g/mol. The number of rotatable bonds is 4. The summed E-state index contributed by atoms with van der Waals surface area (Å²) < 4.78 is 0. The number of nitrogens with zero attached hydrogens (tertiary/aromatic N) is 1. The van der Waals surface area contributed by atoms with E-state index in [1.807, 2.05) is 12.1 Å². The molecule has 2 N–H and O–H groups in total. The summed E-state index contributed by atoms with van der Waals surface area (Å²) in [6.07, 6.45) is 2.44. The summed E-state index contributed by atoms with van der Waals surface area (Å²) in [5.74, 6) is 0.363. The van der Waals surface area contributed by atoms with Gasteiger partial charge in [-0.15, -0.1) is 0 Å². The molecule has 2 atom stereocenters. The van der Waals surface area contributed by atoms with Crippen molar-refractivity contribution in [2.45, 2.75) is 59.2 Å². The standard InChI is InChI=1S/C18H30N2O/c1-5-7-15-11-19-17(18(2,3)4)13-20(15)12-14-8-6-9-16(21)10-14/h6,8-10,15,17,19,21H,5,7,11-13H2,1-4H3. The number of phenols is 1. The first-order valence-corrected chi connectivity index (χ1v) is 8.15. The molecule has 0 amide bonds. The molecule has 3 nitrogen and oxygen atoms in total. The van der Waals surface area contributed by atoms with E-state index in [0.29, 0.717) is 17.8 Å². The minimum Gasteiger partial charge on any atom is -0.508 e. The van der Waals surface area contributed by atoms with Gasteiger partial charge in [-0.3, -0.25) is 4.90 Å². The molecule has 1 saturated heterocycles. The van der Waals surface area contributed by atoms with Gasteiger partial charge in [0.1, 0.15) is 5.75 Å². The van der Waals surface area contributed by atoms with Crippen LogP contribution < -0.4 is 5.32 Å². The van der Waals surface area contributed by atoms with E-state index in [2.05, 4.69) is 44.0 Å². The van der Waals surface area contributed by atoms with Gasteiger partial charge in [0.05, 0.1) is 0 Å². The zero-order valence-electron chi connectivity index (χ0n) is 13.9. The lowest BCUT2D eigenvalue weighted by Gasteiger charge is -2.45. The molecule has 0 bridgehead atoms. The fourth-order valence-electron chi connectivity index (χ4n) is 3.14. The van der Waals surface area contributed by atoms with E-state index in [0.717, 1.165) is 19.6 Å². The van der Waals surface area contributed by atoms with Crippen molar-refractivity contribution in [1.82, 2.24) is 10.2 Å². The number of hydrogen-bond acceptors (Lipinski definition) is 3. The molecule has 1 heterocycles. The summed E-state index contributed by atoms with van der Waals surface area (Å²) in [6.45, 7) is 12.2. The fraction of sp³-hybridized carbons (Fsp3) is 0.667. The summed E-state index contributed by atoms with van der Waals surface area (Å²) in [4.78, 5) is 2.59. The van der Waals surface area contributed by atoms with Crippen molar-refractivity contribution < 1.29 is 5.11 Å². The van der Waals surface area contributed by atoms with Crippen molar-refractivity contribution >= 4 is 0 Å². The molecule has 0 aliphatic carbocycles. The van der Waals surface area contributed by atoms with Gasteiger partial charge in [0.15, 0.2) is 0 Å². The predicted octanol–water partition coefficient (Wildman–Crippen LogP) is 3.38. The Balaban J connectivity index is 2.10. The maximum atomic E-state index is 9.66. The summed E-state index contributed by atoms with van der Waals surface area (Å²) in [5, 5.41) is 13.4. The van der Waals surface area contributed by atoms with E-state index in [1.54, 1.807) is 6.07 Å².